The maximum atomic E-state index is 12.9. The number of amides is 3. The fraction of sp³-hybridized carbons (Fsp3) is 0.417. The number of fused-ring (bicyclic) bond motifs is 1. The van der Waals surface area contributed by atoms with E-state index in [1.54, 1.807) is 21.9 Å². The zero-order valence-electron chi connectivity index (χ0n) is 19.0. The number of nitrogens with zero attached hydrogens (tertiary/aromatic N) is 4. The summed E-state index contributed by atoms with van der Waals surface area (Å²) in [5.41, 5.74) is 2.76. The first-order valence-corrected chi connectivity index (χ1v) is 12.0. The van der Waals surface area contributed by atoms with E-state index in [9.17, 15) is 14.4 Å². The fourth-order valence-electron chi connectivity index (χ4n) is 4.95. The molecule has 2 fully saturated rings. The molecule has 2 saturated heterocycles. The second-order valence-electron chi connectivity index (χ2n) is 9.01. The van der Waals surface area contributed by atoms with Crippen molar-refractivity contribution in [2.45, 2.75) is 38.3 Å². The molecule has 0 radical (unpaired) electrons. The highest BCUT2D eigenvalue weighted by Crippen LogP contribution is 2.25. The van der Waals surface area contributed by atoms with Gasteiger partial charge in [-0.15, -0.1) is 0 Å². The lowest BCUT2D eigenvalue weighted by molar-refractivity contribution is 0.0788. The predicted molar refractivity (Wildman–Crippen MR) is 129 cm³/mol. The van der Waals surface area contributed by atoms with E-state index in [1.807, 2.05) is 35.8 Å². The summed E-state index contributed by atoms with van der Waals surface area (Å²) in [4.78, 5) is 48.7. The molecule has 2 N–H and O–H groups in total. The van der Waals surface area contributed by atoms with E-state index in [1.165, 1.54) is 0 Å². The molecular formula is C24H27ClN6O3. The number of aromatic amines is 1. The highest BCUT2D eigenvalue weighted by Gasteiger charge is 2.32. The summed E-state index contributed by atoms with van der Waals surface area (Å²) >= 11 is 6.16. The Kier molecular flexibility index (Phi) is 6.03. The predicted octanol–water partition coefficient (Wildman–Crippen LogP) is 2.95. The van der Waals surface area contributed by atoms with Gasteiger partial charge in [0.25, 0.3) is 5.91 Å². The SMILES string of the molecule is Cc1ccc(C(=O)N2CC[C@@H](NC(=O)N3CCC(n4c(=O)[nH]c5ccccc54)CC3)C2)c(Cl)n1. The van der Waals surface area contributed by atoms with Crippen LogP contribution in [0, 0.1) is 6.92 Å². The Balaban J connectivity index is 1.16. The molecule has 0 saturated carbocycles. The Morgan fingerprint density at radius 1 is 1.06 bits per heavy atom. The molecule has 2 aliphatic heterocycles. The van der Waals surface area contributed by atoms with Crippen LogP contribution in [-0.2, 0) is 0 Å². The second-order valence-corrected chi connectivity index (χ2v) is 9.37. The highest BCUT2D eigenvalue weighted by atomic mass is 35.5. The van der Waals surface area contributed by atoms with Crippen LogP contribution < -0.4 is 11.0 Å². The third kappa shape index (κ3) is 4.27. The number of imidazole rings is 1. The summed E-state index contributed by atoms with van der Waals surface area (Å²) in [6.45, 7) is 3.96. The maximum Gasteiger partial charge on any atom is 0.326 e. The van der Waals surface area contributed by atoms with Crippen molar-refractivity contribution in [3.05, 3.63) is 63.3 Å². The molecule has 34 heavy (non-hydrogen) atoms. The Labute approximate surface area is 201 Å². The molecule has 1 aromatic carbocycles. The van der Waals surface area contributed by atoms with Crippen LogP contribution in [0.4, 0.5) is 4.79 Å². The molecule has 0 spiro atoms. The van der Waals surface area contributed by atoms with E-state index in [-0.39, 0.29) is 34.9 Å². The maximum absolute atomic E-state index is 12.9. The molecule has 1 atom stereocenters. The number of H-pyrrole nitrogens is 1. The number of carbonyl (C=O) groups excluding carboxylic acids is 2. The molecule has 4 heterocycles. The standard InChI is InChI=1S/C24H27ClN6O3/c1-15-6-7-18(21(25)26-15)22(32)30-11-8-16(14-30)27-23(33)29-12-9-17(10-13-29)31-20-5-3-2-4-19(20)28-24(31)34/h2-7,16-17H,8-14H2,1H3,(H,27,33)(H,28,34)/t16-/m1/s1. The molecule has 10 heteroatoms. The minimum Gasteiger partial charge on any atom is -0.336 e. The number of rotatable bonds is 3. The number of hydrogen-bond donors (Lipinski definition) is 2. The first kappa shape index (κ1) is 22.5. The lowest BCUT2D eigenvalue weighted by Gasteiger charge is -2.33. The highest BCUT2D eigenvalue weighted by molar-refractivity contribution is 6.32. The van der Waals surface area contributed by atoms with Gasteiger partial charge in [0.2, 0.25) is 0 Å². The number of likely N-dealkylation sites (tertiary alicyclic amines) is 2. The minimum atomic E-state index is -0.167. The van der Waals surface area contributed by atoms with Crippen LogP contribution in [0.1, 0.15) is 41.4 Å². The van der Waals surface area contributed by atoms with Gasteiger partial charge in [-0.1, -0.05) is 23.7 Å². The van der Waals surface area contributed by atoms with Gasteiger partial charge in [0.05, 0.1) is 16.6 Å². The van der Waals surface area contributed by atoms with Crippen LogP contribution in [-0.4, -0.2) is 68.5 Å². The van der Waals surface area contributed by atoms with Crippen LogP contribution in [0.25, 0.3) is 11.0 Å². The van der Waals surface area contributed by atoms with E-state index in [0.29, 0.717) is 51.0 Å². The zero-order valence-corrected chi connectivity index (χ0v) is 19.7. The van der Waals surface area contributed by atoms with E-state index >= 15 is 0 Å². The number of nitrogens with one attached hydrogen (secondary N) is 2. The van der Waals surface area contributed by atoms with Crippen LogP contribution in [0.15, 0.2) is 41.2 Å². The van der Waals surface area contributed by atoms with Crippen LogP contribution in [0.2, 0.25) is 5.15 Å². The van der Waals surface area contributed by atoms with Gasteiger partial charge < -0.3 is 20.1 Å². The van der Waals surface area contributed by atoms with Crippen LogP contribution in [0.5, 0.6) is 0 Å². The van der Waals surface area contributed by atoms with Crippen molar-refractivity contribution < 1.29 is 9.59 Å². The van der Waals surface area contributed by atoms with Crippen LogP contribution in [0.3, 0.4) is 0 Å². The smallest absolute Gasteiger partial charge is 0.326 e. The number of aromatic nitrogens is 3. The van der Waals surface area contributed by atoms with E-state index in [0.717, 1.165) is 16.7 Å². The Hall–Kier alpha value is -3.33. The number of urea groups is 1. The van der Waals surface area contributed by atoms with Crippen molar-refractivity contribution in [3.8, 4) is 0 Å². The number of benzene rings is 1. The fourth-order valence-corrected chi connectivity index (χ4v) is 5.22. The average molecular weight is 483 g/mol. The summed E-state index contributed by atoms with van der Waals surface area (Å²) in [5.74, 6) is -0.167. The summed E-state index contributed by atoms with van der Waals surface area (Å²) in [5, 5.41) is 3.27. The summed E-state index contributed by atoms with van der Waals surface area (Å²) < 4.78 is 1.82. The van der Waals surface area contributed by atoms with Gasteiger partial charge in [0.1, 0.15) is 5.15 Å². The third-order valence-corrected chi connectivity index (χ3v) is 7.05. The first-order valence-electron chi connectivity index (χ1n) is 11.6. The second kappa shape index (κ2) is 9.13. The van der Waals surface area contributed by atoms with Gasteiger partial charge >= 0.3 is 11.7 Å². The first-order chi connectivity index (χ1) is 16.4. The van der Waals surface area contributed by atoms with Crippen molar-refractivity contribution in [2.24, 2.45) is 0 Å². The molecule has 5 rings (SSSR count). The van der Waals surface area contributed by atoms with Gasteiger partial charge in [-0.25, -0.2) is 14.6 Å². The lowest BCUT2D eigenvalue weighted by Crippen LogP contribution is -2.49. The number of pyridine rings is 1. The van der Waals surface area contributed by atoms with Gasteiger partial charge in [0.15, 0.2) is 0 Å². The zero-order chi connectivity index (χ0) is 23.8. The normalized spacial score (nSPS) is 19.1. The Morgan fingerprint density at radius 2 is 1.79 bits per heavy atom. The number of aryl methyl sites for hydroxylation is 1. The van der Waals surface area contributed by atoms with Crippen molar-refractivity contribution in [3.63, 3.8) is 0 Å². The van der Waals surface area contributed by atoms with E-state index < -0.39 is 0 Å². The molecular weight excluding hydrogens is 456 g/mol. The van der Waals surface area contributed by atoms with E-state index in [2.05, 4.69) is 15.3 Å². The quantitative estimate of drug-likeness (QED) is 0.560. The molecule has 3 aromatic rings. The lowest BCUT2D eigenvalue weighted by atomic mass is 10.0. The van der Waals surface area contributed by atoms with Crippen molar-refractivity contribution >= 4 is 34.6 Å². The molecule has 2 aromatic heterocycles. The molecule has 178 valence electrons. The Bertz CT molecular complexity index is 1290. The van der Waals surface area contributed by atoms with Crippen molar-refractivity contribution in [1.82, 2.24) is 29.7 Å². The van der Waals surface area contributed by atoms with E-state index in [4.69, 9.17) is 11.6 Å². The Morgan fingerprint density at radius 3 is 2.56 bits per heavy atom. The summed E-state index contributed by atoms with van der Waals surface area (Å²) in [6.07, 6.45) is 2.11. The number of halogens is 1. The third-order valence-electron chi connectivity index (χ3n) is 6.76. The topological polar surface area (TPSA) is 103 Å². The molecule has 0 bridgehead atoms. The largest absolute Gasteiger partial charge is 0.336 e. The minimum absolute atomic E-state index is 0.0557. The number of hydrogen-bond acceptors (Lipinski definition) is 4. The van der Waals surface area contributed by atoms with Crippen LogP contribution >= 0.6 is 11.6 Å². The van der Waals surface area contributed by atoms with Crippen molar-refractivity contribution in [1.29, 1.82) is 0 Å². The van der Waals surface area contributed by atoms with Gasteiger partial charge in [-0.2, -0.15) is 0 Å². The van der Waals surface area contributed by atoms with Gasteiger partial charge in [0, 0.05) is 44.0 Å². The molecule has 0 aliphatic carbocycles. The van der Waals surface area contributed by atoms with Crippen molar-refractivity contribution in [2.75, 3.05) is 26.2 Å². The number of carbonyl (C=O) groups is 2. The van der Waals surface area contributed by atoms with Gasteiger partial charge in [-0.05, 0) is 50.5 Å². The monoisotopic (exact) mass is 482 g/mol. The number of para-hydroxylation sites is 2. The average Bonchev–Trinajstić information content (AvgIpc) is 3.42. The number of piperidine rings is 1. The summed E-state index contributed by atoms with van der Waals surface area (Å²) in [6, 6.07) is 11.0. The van der Waals surface area contributed by atoms with Gasteiger partial charge in [-0.3, -0.25) is 9.36 Å². The molecule has 9 nitrogen and oxygen atoms in total. The molecule has 3 amide bonds. The molecule has 2 aliphatic rings. The molecule has 0 unspecified atom stereocenters. The summed E-state index contributed by atoms with van der Waals surface area (Å²) in [7, 11) is 0.